The van der Waals surface area contributed by atoms with Crippen LogP contribution in [0.4, 0.5) is 13.2 Å². The van der Waals surface area contributed by atoms with Crippen LogP contribution in [0.1, 0.15) is 16.9 Å². The topological polar surface area (TPSA) is 58.8 Å². The van der Waals surface area contributed by atoms with Crippen LogP contribution in [-0.2, 0) is 23.9 Å². The summed E-state index contributed by atoms with van der Waals surface area (Å²) in [6.45, 7) is 1.73. The number of rotatable bonds is 8. The zero-order valence-corrected chi connectivity index (χ0v) is 17.2. The summed E-state index contributed by atoms with van der Waals surface area (Å²) in [5.74, 6) is 1.35. The molecular weight excluding hydrogens is 474 g/mol. The Morgan fingerprint density at radius 3 is 2.59 bits per heavy atom. The lowest BCUT2D eigenvalue weighted by molar-refractivity contribution is -0.137. The standard InChI is InChI=1S/C18H22F3N3O2.HI/c1-25-11-9-23-17(22-8-7-16-6-3-10-26-16)24-13-14-4-2-5-15(12-14)18(19,20)21;/h2-6,10,12H,7-9,11,13H2,1H3,(H2,22,23,24);1H. The maximum atomic E-state index is 12.8. The maximum Gasteiger partial charge on any atom is 0.416 e. The molecule has 5 nitrogen and oxygen atoms in total. The highest BCUT2D eigenvalue weighted by atomic mass is 127. The second-order valence-corrected chi connectivity index (χ2v) is 5.54. The first-order valence-electron chi connectivity index (χ1n) is 8.18. The van der Waals surface area contributed by atoms with E-state index in [1.165, 1.54) is 6.07 Å². The first-order valence-corrected chi connectivity index (χ1v) is 8.18. The van der Waals surface area contributed by atoms with E-state index in [0.29, 0.717) is 37.6 Å². The minimum Gasteiger partial charge on any atom is -0.469 e. The van der Waals surface area contributed by atoms with Gasteiger partial charge in [0.15, 0.2) is 5.96 Å². The molecule has 0 fully saturated rings. The molecule has 150 valence electrons. The molecule has 9 heteroatoms. The Labute approximate surface area is 173 Å². The van der Waals surface area contributed by atoms with Gasteiger partial charge in [0.2, 0.25) is 0 Å². The normalized spacial score (nSPS) is 11.8. The van der Waals surface area contributed by atoms with Gasteiger partial charge in [-0.1, -0.05) is 12.1 Å². The average molecular weight is 497 g/mol. The monoisotopic (exact) mass is 497 g/mol. The van der Waals surface area contributed by atoms with Crippen LogP contribution in [0.25, 0.3) is 0 Å². The Balaban J connectivity index is 0.00000364. The summed E-state index contributed by atoms with van der Waals surface area (Å²) in [6.07, 6.45) is -2.09. The molecule has 27 heavy (non-hydrogen) atoms. The number of furan rings is 1. The van der Waals surface area contributed by atoms with Gasteiger partial charge in [0.05, 0.1) is 25.0 Å². The highest BCUT2D eigenvalue weighted by Crippen LogP contribution is 2.29. The molecule has 0 atom stereocenters. The lowest BCUT2D eigenvalue weighted by atomic mass is 10.1. The van der Waals surface area contributed by atoms with Crippen molar-refractivity contribution in [2.45, 2.75) is 19.1 Å². The fourth-order valence-corrected chi connectivity index (χ4v) is 2.22. The van der Waals surface area contributed by atoms with Crippen molar-refractivity contribution in [3.05, 3.63) is 59.5 Å². The molecule has 2 rings (SSSR count). The molecule has 2 aromatic rings. The third kappa shape index (κ3) is 8.65. The molecule has 1 heterocycles. The predicted octanol–water partition coefficient (Wildman–Crippen LogP) is 3.84. The predicted molar refractivity (Wildman–Crippen MR) is 108 cm³/mol. The second-order valence-electron chi connectivity index (χ2n) is 5.54. The van der Waals surface area contributed by atoms with Crippen molar-refractivity contribution < 1.29 is 22.3 Å². The van der Waals surface area contributed by atoms with Crippen molar-refractivity contribution in [2.75, 3.05) is 26.8 Å². The summed E-state index contributed by atoms with van der Waals surface area (Å²) < 4.78 is 48.6. The molecule has 0 amide bonds. The van der Waals surface area contributed by atoms with Crippen LogP contribution in [0, 0.1) is 0 Å². The maximum absolute atomic E-state index is 12.8. The van der Waals surface area contributed by atoms with Gasteiger partial charge in [0, 0.05) is 26.6 Å². The van der Waals surface area contributed by atoms with Crippen molar-refractivity contribution in [3.63, 3.8) is 0 Å². The number of guanidine groups is 1. The number of hydrogen-bond donors (Lipinski definition) is 2. The van der Waals surface area contributed by atoms with Gasteiger partial charge in [0.1, 0.15) is 5.76 Å². The highest BCUT2D eigenvalue weighted by molar-refractivity contribution is 14.0. The van der Waals surface area contributed by atoms with Crippen LogP contribution in [0.5, 0.6) is 0 Å². The zero-order chi connectivity index (χ0) is 18.8. The Morgan fingerprint density at radius 2 is 1.93 bits per heavy atom. The number of benzene rings is 1. The molecule has 0 spiro atoms. The fraction of sp³-hybridized carbons (Fsp3) is 0.389. The van der Waals surface area contributed by atoms with Gasteiger partial charge >= 0.3 is 6.18 Å². The molecule has 0 bridgehead atoms. The number of aliphatic imine (C=N–C) groups is 1. The van der Waals surface area contributed by atoms with Gasteiger partial charge in [-0.05, 0) is 29.8 Å². The van der Waals surface area contributed by atoms with Crippen LogP contribution >= 0.6 is 24.0 Å². The summed E-state index contributed by atoms with van der Waals surface area (Å²) in [6, 6.07) is 8.85. The van der Waals surface area contributed by atoms with E-state index in [0.717, 1.165) is 17.9 Å². The number of hydrogen-bond acceptors (Lipinski definition) is 3. The van der Waals surface area contributed by atoms with Crippen molar-refractivity contribution in [2.24, 2.45) is 4.99 Å². The Bertz CT molecular complexity index is 691. The van der Waals surface area contributed by atoms with E-state index in [2.05, 4.69) is 15.6 Å². The molecule has 1 aromatic carbocycles. The smallest absolute Gasteiger partial charge is 0.416 e. The Morgan fingerprint density at radius 1 is 1.15 bits per heavy atom. The van der Waals surface area contributed by atoms with Crippen LogP contribution in [0.15, 0.2) is 52.1 Å². The SMILES string of the molecule is COCCNC(=NCc1cccc(C(F)(F)F)c1)NCCc1ccco1.I. The number of nitrogens with zero attached hydrogens (tertiary/aromatic N) is 1. The summed E-state index contributed by atoms with van der Waals surface area (Å²) in [4.78, 5) is 4.35. The van der Waals surface area contributed by atoms with E-state index in [9.17, 15) is 13.2 Å². The zero-order valence-electron chi connectivity index (χ0n) is 14.9. The van der Waals surface area contributed by atoms with Crippen molar-refractivity contribution in [1.29, 1.82) is 0 Å². The first kappa shape index (κ1) is 23.3. The molecular formula is C18H23F3IN3O2. The van der Waals surface area contributed by atoms with E-state index in [1.807, 2.05) is 12.1 Å². The quantitative estimate of drug-likeness (QED) is 0.252. The molecule has 0 unspecified atom stereocenters. The van der Waals surface area contributed by atoms with Crippen LogP contribution in [0.3, 0.4) is 0 Å². The van der Waals surface area contributed by atoms with Crippen molar-refractivity contribution >= 4 is 29.9 Å². The van der Waals surface area contributed by atoms with Gasteiger partial charge in [-0.25, -0.2) is 4.99 Å². The number of nitrogens with one attached hydrogen (secondary N) is 2. The summed E-state index contributed by atoms with van der Waals surface area (Å²) in [5.41, 5.74) is -0.191. The van der Waals surface area contributed by atoms with Gasteiger partial charge in [0.25, 0.3) is 0 Å². The van der Waals surface area contributed by atoms with E-state index in [4.69, 9.17) is 9.15 Å². The fourth-order valence-electron chi connectivity index (χ4n) is 2.22. The Hall–Kier alpha value is -1.75. The molecule has 0 aliphatic carbocycles. The second kappa shape index (κ2) is 11.9. The third-order valence-electron chi connectivity index (χ3n) is 3.52. The van der Waals surface area contributed by atoms with Crippen molar-refractivity contribution in [3.8, 4) is 0 Å². The van der Waals surface area contributed by atoms with Gasteiger partial charge in [-0.3, -0.25) is 0 Å². The summed E-state index contributed by atoms with van der Waals surface area (Å²) in [7, 11) is 1.59. The summed E-state index contributed by atoms with van der Waals surface area (Å²) >= 11 is 0. The number of ether oxygens (including phenoxy) is 1. The molecule has 2 N–H and O–H groups in total. The Kier molecular flexibility index (Phi) is 10.2. The van der Waals surface area contributed by atoms with Crippen molar-refractivity contribution in [1.82, 2.24) is 10.6 Å². The third-order valence-corrected chi connectivity index (χ3v) is 3.52. The lowest BCUT2D eigenvalue weighted by Crippen LogP contribution is -2.40. The van der Waals surface area contributed by atoms with Crippen LogP contribution in [0.2, 0.25) is 0 Å². The average Bonchev–Trinajstić information content (AvgIpc) is 3.12. The minimum atomic E-state index is -4.36. The van der Waals surface area contributed by atoms with Gasteiger partial charge in [-0.2, -0.15) is 13.2 Å². The van der Waals surface area contributed by atoms with Gasteiger partial charge in [-0.15, -0.1) is 24.0 Å². The number of methoxy groups -OCH3 is 1. The van der Waals surface area contributed by atoms with E-state index >= 15 is 0 Å². The molecule has 0 aliphatic rings. The van der Waals surface area contributed by atoms with Crippen LogP contribution < -0.4 is 10.6 Å². The van der Waals surface area contributed by atoms with E-state index < -0.39 is 11.7 Å². The lowest BCUT2D eigenvalue weighted by Gasteiger charge is -2.12. The van der Waals surface area contributed by atoms with E-state index in [1.54, 1.807) is 19.4 Å². The highest BCUT2D eigenvalue weighted by Gasteiger charge is 2.30. The molecule has 1 aromatic heterocycles. The van der Waals surface area contributed by atoms with E-state index in [-0.39, 0.29) is 30.5 Å². The number of alkyl halides is 3. The minimum absolute atomic E-state index is 0. The molecule has 0 aliphatic heterocycles. The van der Waals surface area contributed by atoms with Gasteiger partial charge < -0.3 is 19.8 Å². The summed E-state index contributed by atoms with van der Waals surface area (Å²) in [5, 5.41) is 6.21. The first-order chi connectivity index (χ1) is 12.5. The molecule has 0 saturated heterocycles. The molecule has 0 radical (unpaired) electrons. The number of halogens is 4. The van der Waals surface area contributed by atoms with Crippen LogP contribution in [-0.4, -0.2) is 32.8 Å². The largest absolute Gasteiger partial charge is 0.469 e. The molecule has 0 saturated carbocycles.